The minimum absolute atomic E-state index is 0.0175. The lowest BCUT2D eigenvalue weighted by Crippen LogP contribution is -2.74. The lowest BCUT2D eigenvalue weighted by atomic mass is 9.52. The molecule has 0 aromatic heterocycles. The van der Waals surface area contributed by atoms with Crippen LogP contribution in [0.25, 0.3) is 0 Å². The van der Waals surface area contributed by atoms with Crippen molar-refractivity contribution in [3.05, 3.63) is 22.8 Å². The van der Waals surface area contributed by atoms with E-state index in [-0.39, 0.29) is 24.2 Å². The zero-order valence-electron chi connectivity index (χ0n) is 23.6. The molecule has 3 fully saturated rings. The Balaban J connectivity index is 1.60. The van der Waals surface area contributed by atoms with Gasteiger partial charge in [0.1, 0.15) is 5.75 Å². The van der Waals surface area contributed by atoms with E-state index >= 15 is 0 Å². The van der Waals surface area contributed by atoms with Gasteiger partial charge in [0.25, 0.3) is 0 Å². The molecule has 5 rings (SSSR count). The maximum atomic E-state index is 14.0. The second kappa shape index (κ2) is 9.74. The van der Waals surface area contributed by atoms with Crippen LogP contribution in [0.2, 0.25) is 0 Å². The fraction of sp³-hybridized carbons (Fsp3) is 0.621. The SMILES string of the molecule is CN(Cc1cc(O)c2c(c1N(C)C)C[C@H]1C[C@H]3[C@H](N(C)C)C(=O)C(C(N)=O)C(=O)[C@@]3(O)C(=O)C1C2=O)CC1CC1. The number of likely N-dealkylation sites (N-methyl/N-ethyl adjacent to an activating group) is 1. The van der Waals surface area contributed by atoms with Gasteiger partial charge in [-0.2, -0.15) is 0 Å². The Morgan fingerprint density at radius 3 is 2.27 bits per heavy atom. The number of rotatable bonds is 7. The molecular weight excluding hydrogens is 516 g/mol. The third kappa shape index (κ3) is 4.17. The summed E-state index contributed by atoms with van der Waals surface area (Å²) in [6.07, 6.45) is 2.69. The molecule has 0 bridgehead atoms. The van der Waals surface area contributed by atoms with Gasteiger partial charge in [-0.1, -0.05) is 0 Å². The van der Waals surface area contributed by atoms with E-state index in [1.54, 1.807) is 20.2 Å². The summed E-state index contributed by atoms with van der Waals surface area (Å²) in [6, 6.07) is 0.446. The molecule has 40 heavy (non-hydrogen) atoms. The fourth-order valence-electron chi connectivity index (χ4n) is 7.50. The highest BCUT2D eigenvalue weighted by Crippen LogP contribution is 2.52. The van der Waals surface area contributed by atoms with Crippen LogP contribution in [0.1, 0.15) is 40.7 Å². The molecule has 4 aliphatic rings. The molecule has 1 amide bonds. The molecule has 11 heteroatoms. The third-order valence-electron chi connectivity index (χ3n) is 9.27. The number of benzene rings is 1. The first-order valence-electron chi connectivity index (χ1n) is 13.8. The summed E-state index contributed by atoms with van der Waals surface area (Å²) in [5, 5.41) is 22.8. The van der Waals surface area contributed by atoms with Crippen LogP contribution in [-0.4, -0.2) is 102 Å². The van der Waals surface area contributed by atoms with Crippen molar-refractivity contribution in [1.82, 2.24) is 9.80 Å². The number of fused-ring (bicyclic) bond motifs is 3. The molecule has 1 aromatic carbocycles. The third-order valence-corrected chi connectivity index (χ3v) is 9.27. The lowest BCUT2D eigenvalue weighted by Gasteiger charge is -2.52. The first kappa shape index (κ1) is 28.4. The van der Waals surface area contributed by atoms with Crippen LogP contribution in [0.4, 0.5) is 5.69 Å². The average molecular weight is 555 g/mol. The van der Waals surface area contributed by atoms with Crippen molar-refractivity contribution < 1.29 is 34.2 Å². The summed E-state index contributed by atoms with van der Waals surface area (Å²) in [5.41, 5.74) is 4.94. The van der Waals surface area contributed by atoms with E-state index in [0.717, 1.165) is 17.8 Å². The summed E-state index contributed by atoms with van der Waals surface area (Å²) in [7, 11) is 8.89. The number of Topliss-reactive ketones (excluding diaryl/α,β-unsaturated/α-hetero) is 4. The number of hydrogen-bond acceptors (Lipinski definition) is 10. The number of aromatic hydroxyl groups is 1. The van der Waals surface area contributed by atoms with Gasteiger partial charge in [0.15, 0.2) is 34.7 Å². The predicted molar refractivity (Wildman–Crippen MR) is 145 cm³/mol. The summed E-state index contributed by atoms with van der Waals surface area (Å²) in [5.74, 6) is -9.65. The van der Waals surface area contributed by atoms with Crippen LogP contribution in [-0.2, 0) is 32.1 Å². The Labute approximate surface area is 233 Å². The van der Waals surface area contributed by atoms with Crippen LogP contribution in [0.5, 0.6) is 5.75 Å². The molecule has 0 radical (unpaired) electrons. The summed E-state index contributed by atoms with van der Waals surface area (Å²) in [4.78, 5) is 72.3. The molecule has 0 spiro atoms. The van der Waals surface area contributed by atoms with E-state index in [1.165, 1.54) is 17.7 Å². The number of carbonyl (C=O) groups excluding carboxylic acids is 5. The number of nitrogens with two attached hydrogens (primary N) is 1. The van der Waals surface area contributed by atoms with E-state index < -0.39 is 64.4 Å². The highest BCUT2D eigenvalue weighted by molar-refractivity contribution is 6.32. The summed E-state index contributed by atoms with van der Waals surface area (Å²) >= 11 is 0. The Hall–Kier alpha value is -3.15. The van der Waals surface area contributed by atoms with Crippen molar-refractivity contribution >= 4 is 34.7 Å². The number of phenols is 1. The van der Waals surface area contributed by atoms with Crippen molar-refractivity contribution in [2.75, 3.05) is 46.7 Å². The van der Waals surface area contributed by atoms with Gasteiger partial charge in [0.05, 0.1) is 17.5 Å². The van der Waals surface area contributed by atoms with Gasteiger partial charge in [0, 0.05) is 38.8 Å². The van der Waals surface area contributed by atoms with E-state index in [9.17, 15) is 34.2 Å². The molecule has 4 N–H and O–H groups in total. The molecule has 0 aliphatic heterocycles. The second-order valence-corrected chi connectivity index (χ2v) is 12.6. The van der Waals surface area contributed by atoms with Crippen LogP contribution in [0.3, 0.4) is 0 Å². The first-order valence-corrected chi connectivity index (χ1v) is 13.8. The molecule has 3 saturated carbocycles. The zero-order chi connectivity index (χ0) is 29.4. The molecule has 0 saturated heterocycles. The second-order valence-electron chi connectivity index (χ2n) is 12.6. The van der Waals surface area contributed by atoms with Crippen molar-refractivity contribution in [2.24, 2.45) is 35.3 Å². The van der Waals surface area contributed by atoms with E-state index in [1.807, 2.05) is 26.0 Å². The van der Waals surface area contributed by atoms with Crippen LogP contribution < -0.4 is 10.6 Å². The van der Waals surface area contributed by atoms with Crippen LogP contribution in [0, 0.1) is 29.6 Å². The number of hydrogen-bond donors (Lipinski definition) is 3. The van der Waals surface area contributed by atoms with E-state index in [0.29, 0.717) is 18.0 Å². The number of aliphatic hydroxyl groups is 1. The number of primary amides is 1. The van der Waals surface area contributed by atoms with E-state index in [4.69, 9.17) is 5.73 Å². The molecule has 2 unspecified atom stereocenters. The summed E-state index contributed by atoms with van der Waals surface area (Å²) in [6.45, 7) is 1.50. The first-order chi connectivity index (χ1) is 18.7. The number of amides is 1. The number of ketones is 4. The van der Waals surface area contributed by atoms with Gasteiger partial charge in [-0.15, -0.1) is 0 Å². The topological polar surface area (TPSA) is 162 Å². The van der Waals surface area contributed by atoms with Crippen LogP contribution in [0.15, 0.2) is 6.07 Å². The molecule has 0 heterocycles. The highest BCUT2D eigenvalue weighted by atomic mass is 16.3. The van der Waals surface area contributed by atoms with Crippen molar-refractivity contribution in [3.63, 3.8) is 0 Å². The van der Waals surface area contributed by atoms with Crippen molar-refractivity contribution in [1.29, 1.82) is 0 Å². The molecule has 11 nitrogen and oxygen atoms in total. The van der Waals surface area contributed by atoms with Gasteiger partial charge in [-0.3, -0.25) is 28.9 Å². The Kier molecular flexibility index (Phi) is 6.91. The number of carbonyl (C=O) groups is 5. The maximum Gasteiger partial charge on any atom is 0.235 e. The van der Waals surface area contributed by atoms with Crippen molar-refractivity contribution in [3.8, 4) is 5.75 Å². The van der Waals surface area contributed by atoms with Gasteiger partial charge < -0.3 is 25.7 Å². The van der Waals surface area contributed by atoms with Gasteiger partial charge >= 0.3 is 0 Å². The van der Waals surface area contributed by atoms with Gasteiger partial charge in [0.2, 0.25) is 5.91 Å². The van der Waals surface area contributed by atoms with Gasteiger partial charge in [-0.05, 0) is 75.9 Å². The molecular formula is C29H38N4O7. The Morgan fingerprint density at radius 2 is 1.73 bits per heavy atom. The largest absolute Gasteiger partial charge is 0.507 e. The Bertz CT molecular complexity index is 1320. The highest BCUT2D eigenvalue weighted by Gasteiger charge is 2.69. The standard InChI is InChI=1S/C29H38N4O7/c1-31(2)22-15(12-33(5)11-13-6-7-13)10-18(34)20-16(22)8-14-9-17-23(32(3)4)25(36)21(28(30)39)27(38)29(17,40)26(37)19(14)24(20)35/h10,13-14,17,19,21,23,34,40H,6-9,11-12H2,1-5H3,(H2,30,39)/t14-,17-,19?,21?,23-,29-/m0/s1. The smallest absolute Gasteiger partial charge is 0.235 e. The molecule has 216 valence electrons. The minimum atomic E-state index is -2.72. The summed E-state index contributed by atoms with van der Waals surface area (Å²) < 4.78 is 0. The monoisotopic (exact) mass is 554 g/mol. The van der Waals surface area contributed by atoms with E-state index in [2.05, 4.69) is 4.90 Å². The fourth-order valence-corrected chi connectivity index (χ4v) is 7.50. The quantitative estimate of drug-likeness (QED) is 0.384. The number of phenolic OH excluding ortho intramolecular Hbond substituents is 1. The molecule has 4 aliphatic carbocycles. The molecule has 6 atom stereocenters. The zero-order valence-corrected chi connectivity index (χ0v) is 23.6. The maximum absolute atomic E-state index is 14.0. The minimum Gasteiger partial charge on any atom is -0.507 e. The van der Waals surface area contributed by atoms with Crippen molar-refractivity contribution in [2.45, 2.75) is 43.9 Å². The van der Waals surface area contributed by atoms with Crippen LogP contribution >= 0.6 is 0 Å². The number of anilines is 1. The normalized spacial score (nSPS) is 31.8. The Morgan fingerprint density at radius 1 is 1.07 bits per heavy atom. The molecule has 1 aromatic rings. The average Bonchev–Trinajstić information content (AvgIpc) is 3.64. The number of nitrogens with zero attached hydrogens (tertiary/aromatic N) is 3. The predicted octanol–water partition coefficient (Wildman–Crippen LogP) is -0.225. The lowest BCUT2D eigenvalue weighted by molar-refractivity contribution is -0.181. The van der Waals surface area contributed by atoms with Gasteiger partial charge in [-0.25, -0.2) is 0 Å².